The predicted molar refractivity (Wildman–Crippen MR) is 69.8 cm³/mol. The Kier molecular flexibility index (Phi) is 4.35. The number of hydrogen-bond acceptors (Lipinski definition) is 2. The summed E-state index contributed by atoms with van der Waals surface area (Å²) in [6.07, 6.45) is 1.54. The van der Waals surface area contributed by atoms with Gasteiger partial charge in [0.05, 0.1) is 5.56 Å². The molecule has 3 nitrogen and oxygen atoms in total. The number of benzene rings is 1. The van der Waals surface area contributed by atoms with Gasteiger partial charge in [-0.3, -0.25) is 4.79 Å². The summed E-state index contributed by atoms with van der Waals surface area (Å²) in [5.41, 5.74) is 0.0972. The SMILES string of the molecule is O=C(c1c(F)cccc1Br)N1CCC(CO)CC1. The second kappa shape index (κ2) is 5.80. The third-order valence-corrected chi connectivity index (χ3v) is 4.00. The van der Waals surface area contributed by atoms with Gasteiger partial charge in [-0.1, -0.05) is 6.07 Å². The lowest BCUT2D eigenvalue weighted by atomic mass is 9.97. The van der Waals surface area contributed by atoms with Gasteiger partial charge in [-0.25, -0.2) is 4.39 Å². The highest BCUT2D eigenvalue weighted by atomic mass is 79.9. The van der Waals surface area contributed by atoms with Gasteiger partial charge in [-0.15, -0.1) is 0 Å². The van der Waals surface area contributed by atoms with Crippen LogP contribution in [-0.4, -0.2) is 35.6 Å². The molecular formula is C13H15BrFNO2. The van der Waals surface area contributed by atoms with E-state index < -0.39 is 5.82 Å². The largest absolute Gasteiger partial charge is 0.396 e. The molecule has 0 atom stereocenters. The Bertz CT molecular complexity index is 424. The molecule has 0 saturated carbocycles. The van der Waals surface area contributed by atoms with Gasteiger partial charge in [0.25, 0.3) is 5.91 Å². The van der Waals surface area contributed by atoms with E-state index in [0.717, 1.165) is 12.8 Å². The Morgan fingerprint density at radius 1 is 1.44 bits per heavy atom. The van der Waals surface area contributed by atoms with Crippen LogP contribution in [0.3, 0.4) is 0 Å². The van der Waals surface area contributed by atoms with Crippen molar-refractivity contribution < 1.29 is 14.3 Å². The number of aliphatic hydroxyl groups is 1. The minimum absolute atomic E-state index is 0.0972. The summed E-state index contributed by atoms with van der Waals surface area (Å²) in [5.74, 6) is -0.520. The van der Waals surface area contributed by atoms with E-state index in [1.807, 2.05) is 0 Å². The molecule has 2 rings (SSSR count). The number of piperidine rings is 1. The Hall–Kier alpha value is -0.940. The molecule has 1 aromatic carbocycles. The van der Waals surface area contributed by atoms with Crippen molar-refractivity contribution in [1.29, 1.82) is 0 Å². The van der Waals surface area contributed by atoms with Gasteiger partial charge in [-0.05, 0) is 46.8 Å². The fourth-order valence-electron chi connectivity index (χ4n) is 2.18. The van der Waals surface area contributed by atoms with Crippen LogP contribution in [0.25, 0.3) is 0 Å². The zero-order chi connectivity index (χ0) is 13.1. The average Bonchev–Trinajstić information content (AvgIpc) is 2.38. The number of halogens is 2. The van der Waals surface area contributed by atoms with Crippen LogP contribution in [-0.2, 0) is 0 Å². The summed E-state index contributed by atoms with van der Waals surface area (Å²) in [4.78, 5) is 13.9. The molecule has 1 saturated heterocycles. The van der Waals surface area contributed by atoms with E-state index in [1.165, 1.54) is 6.07 Å². The number of carbonyl (C=O) groups is 1. The number of carbonyl (C=O) groups excluding carboxylic acids is 1. The van der Waals surface area contributed by atoms with E-state index in [0.29, 0.717) is 17.6 Å². The predicted octanol–water partition coefficient (Wildman–Crippen LogP) is 2.43. The van der Waals surface area contributed by atoms with Crippen LogP contribution < -0.4 is 0 Å². The van der Waals surface area contributed by atoms with Crippen LogP contribution in [0, 0.1) is 11.7 Å². The minimum atomic E-state index is -0.501. The zero-order valence-electron chi connectivity index (χ0n) is 9.90. The number of rotatable bonds is 2. The minimum Gasteiger partial charge on any atom is -0.396 e. The van der Waals surface area contributed by atoms with E-state index in [-0.39, 0.29) is 24.0 Å². The molecule has 1 aromatic rings. The Morgan fingerprint density at radius 3 is 2.67 bits per heavy atom. The molecule has 1 N–H and O–H groups in total. The van der Waals surface area contributed by atoms with Crippen LogP contribution in [0.15, 0.2) is 22.7 Å². The quantitative estimate of drug-likeness (QED) is 0.910. The van der Waals surface area contributed by atoms with Gasteiger partial charge in [-0.2, -0.15) is 0 Å². The van der Waals surface area contributed by atoms with Crippen LogP contribution in [0.5, 0.6) is 0 Å². The molecule has 1 aliphatic heterocycles. The van der Waals surface area contributed by atoms with Crippen molar-refractivity contribution in [1.82, 2.24) is 4.90 Å². The van der Waals surface area contributed by atoms with Crippen molar-refractivity contribution in [2.24, 2.45) is 5.92 Å². The molecule has 0 bridgehead atoms. The van der Waals surface area contributed by atoms with Gasteiger partial charge in [0.2, 0.25) is 0 Å². The first-order valence-corrected chi connectivity index (χ1v) is 6.77. The highest BCUT2D eigenvalue weighted by Gasteiger charge is 2.26. The van der Waals surface area contributed by atoms with Crippen molar-refractivity contribution >= 4 is 21.8 Å². The lowest BCUT2D eigenvalue weighted by Gasteiger charge is -2.31. The topological polar surface area (TPSA) is 40.5 Å². The van der Waals surface area contributed by atoms with Crippen LogP contribution >= 0.6 is 15.9 Å². The molecule has 98 valence electrons. The molecule has 5 heteroatoms. The normalized spacial score (nSPS) is 16.9. The summed E-state index contributed by atoms with van der Waals surface area (Å²) < 4.78 is 14.2. The average molecular weight is 316 g/mol. The summed E-state index contributed by atoms with van der Waals surface area (Å²) in [6, 6.07) is 4.52. The number of hydrogen-bond donors (Lipinski definition) is 1. The molecular weight excluding hydrogens is 301 g/mol. The standard InChI is InChI=1S/C13H15BrFNO2/c14-10-2-1-3-11(15)12(10)13(18)16-6-4-9(8-17)5-7-16/h1-3,9,17H,4-8H2. The molecule has 0 radical (unpaired) electrons. The molecule has 1 aliphatic rings. The number of amides is 1. The van der Waals surface area contributed by atoms with Gasteiger partial charge in [0.1, 0.15) is 5.82 Å². The lowest BCUT2D eigenvalue weighted by Crippen LogP contribution is -2.39. The second-order valence-corrected chi connectivity index (χ2v) is 5.37. The Morgan fingerprint density at radius 2 is 2.11 bits per heavy atom. The summed E-state index contributed by atoms with van der Waals surface area (Å²) in [5, 5.41) is 9.05. The van der Waals surface area contributed by atoms with E-state index in [1.54, 1.807) is 17.0 Å². The van der Waals surface area contributed by atoms with Crippen molar-refractivity contribution in [3.05, 3.63) is 34.1 Å². The Balaban J connectivity index is 2.13. The van der Waals surface area contributed by atoms with E-state index in [2.05, 4.69) is 15.9 Å². The third kappa shape index (κ3) is 2.72. The third-order valence-electron chi connectivity index (χ3n) is 3.34. The maximum atomic E-state index is 13.7. The number of nitrogens with zero attached hydrogens (tertiary/aromatic N) is 1. The first-order chi connectivity index (χ1) is 8.63. The Labute approximate surface area is 114 Å². The molecule has 0 spiro atoms. The summed E-state index contributed by atoms with van der Waals surface area (Å²) in [6.45, 7) is 1.31. The van der Waals surface area contributed by atoms with Gasteiger partial charge < -0.3 is 10.0 Å². The smallest absolute Gasteiger partial charge is 0.257 e. The maximum absolute atomic E-state index is 13.7. The fraction of sp³-hybridized carbons (Fsp3) is 0.462. The first kappa shape index (κ1) is 13.5. The van der Waals surface area contributed by atoms with E-state index in [4.69, 9.17) is 5.11 Å². The van der Waals surface area contributed by atoms with Gasteiger partial charge in [0, 0.05) is 24.2 Å². The zero-order valence-corrected chi connectivity index (χ0v) is 11.5. The molecule has 0 unspecified atom stereocenters. The van der Waals surface area contributed by atoms with Crippen LogP contribution in [0.1, 0.15) is 23.2 Å². The first-order valence-electron chi connectivity index (χ1n) is 5.97. The molecule has 0 aromatic heterocycles. The monoisotopic (exact) mass is 315 g/mol. The highest BCUT2D eigenvalue weighted by Crippen LogP contribution is 2.24. The van der Waals surface area contributed by atoms with Crippen LogP contribution in [0.4, 0.5) is 4.39 Å². The molecule has 1 amide bonds. The highest BCUT2D eigenvalue weighted by molar-refractivity contribution is 9.10. The molecule has 18 heavy (non-hydrogen) atoms. The van der Waals surface area contributed by atoms with Crippen molar-refractivity contribution in [2.45, 2.75) is 12.8 Å². The van der Waals surface area contributed by atoms with Gasteiger partial charge >= 0.3 is 0 Å². The molecule has 1 fully saturated rings. The van der Waals surface area contributed by atoms with Gasteiger partial charge in [0.15, 0.2) is 0 Å². The number of likely N-dealkylation sites (tertiary alicyclic amines) is 1. The van der Waals surface area contributed by atoms with Crippen LogP contribution in [0.2, 0.25) is 0 Å². The van der Waals surface area contributed by atoms with E-state index >= 15 is 0 Å². The van der Waals surface area contributed by atoms with E-state index in [9.17, 15) is 9.18 Å². The summed E-state index contributed by atoms with van der Waals surface area (Å²) in [7, 11) is 0. The second-order valence-electron chi connectivity index (χ2n) is 4.51. The number of aliphatic hydroxyl groups excluding tert-OH is 1. The molecule has 1 heterocycles. The molecule has 0 aliphatic carbocycles. The lowest BCUT2D eigenvalue weighted by molar-refractivity contribution is 0.0645. The van der Waals surface area contributed by atoms with Crippen molar-refractivity contribution in [3.63, 3.8) is 0 Å². The maximum Gasteiger partial charge on any atom is 0.257 e. The fourth-order valence-corrected chi connectivity index (χ4v) is 2.69. The summed E-state index contributed by atoms with van der Waals surface area (Å²) >= 11 is 3.21. The van der Waals surface area contributed by atoms with Crippen molar-refractivity contribution in [3.8, 4) is 0 Å². The van der Waals surface area contributed by atoms with Crippen molar-refractivity contribution in [2.75, 3.05) is 19.7 Å².